The van der Waals surface area contributed by atoms with Crippen molar-refractivity contribution in [3.63, 3.8) is 0 Å². The summed E-state index contributed by atoms with van der Waals surface area (Å²) in [5.74, 6) is 0. The number of rotatable bonds is 2. The highest BCUT2D eigenvalue weighted by Crippen LogP contribution is 2.09. The first-order valence-electron chi connectivity index (χ1n) is 3.36. The minimum atomic E-state index is 0. The Bertz CT molecular complexity index is 203. The maximum absolute atomic E-state index is 8.82. The molecule has 0 saturated carbocycles. The van der Waals surface area contributed by atoms with Crippen molar-refractivity contribution >= 4 is 11.3 Å². The molecule has 1 aromatic heterocycles. The lowest BCUT2D eigenvalue weighted by atomic mass is 10.4. The maximum atomic E-state index is 8.82. The Morgan fingerprint density at radius 1 is 1.64 bits per heavy atom. The standard InChI is InChI=1S/C7H12NOS.BrH/c1-3-8-5-10-7(4-9)6(8)2;/h5,9H,3-4H2,1-2H3;1H/q+1;/p-1. The maximum Gasteiger partial charge on any atom is 0.225 e. The average molecular weight is 238 g/mol. The molecule has 4 heteroatoms. The minimum Gasteiger partial charge on any atom is -1.00 e. The molecule has 0 atom stereocenters. The molecular weight excluding hydrogens is 226 g/mol. The fourth-order valence-electron chi connectivity index (χ4n) is 0.915. The third kappa shape index (κ3) is 2.25. The number of aliphatic hydroxyl groups excluding tert-OH is 1. The quantitative estimate of drug-likeness (QED) is 0.584. The van der Waals surface area contributed by atoms with Gasteiger partial charge in [-0.05, 0) is 6.92 Å². The summed E-state index contributed by atoms with van der Waals surface area (Å²) in [6.45, 7) is 5.29. The van der Waals surface area contributed by atoms with Crippen molar-refractivity contribution in [2.75, 3.05) is 0 Å². The van der Waals surface area contributed by atoms with Gasteiger partial charge in [-0.25, -0.2) is 0 Å². The van der Waals surface area contributed by atoms with E-state index in [2.05, 4.69) is 11.5 Å². The molecule has 0 unspecified atom stereocenters. The fraction of sp³-hybridized carbons (Fsp3) is 0.571. The van der Waals surface area contributed by atoms with Crippen LogP contribution in [0.15, 0.2) is 5.51 Å². The summed E-state index contributed by atoms with van der Waals surface area (Å²) >= 11 is 1.61. The molecule has 0 spiro atoms. The molecule has 0 radical (unpaired) electrons. The van der Waals surface area contributed by atoms with E-state index in [1.165, 1.54) is 5.69 Å². The molecule has 0 fully saturated rings. The van der Waals surface area contributed by atoms with Crippen LogP contribution in [0.2, 0.25) is 0 Å². The van der Waals surface area contributed by atoms with E-state index in [4.69, 9.17) is 5.11 Å². The Labute approximate surface area is 81.3 Å². The number of aryl methyl sites for hydroxylation is 1. The van der Waals surface area contributed by atoms with E-state index in [9.17, 15) is 0 Å². The number of hydrogen-bond acceptors (Lipinski definition) is 2. The molecule has 1 heterocycles. The number of nitrogens with zero attached hydrogens (tertiary/aromatic N) is 1. The fourth-order valence-corrected chi connectivity index (χ4v) is 1.84. The van der Waals surface area contributed by atoms with Crippen LogP contribution < -0.4 is 21.5 Å². The van der Waals surface area contributed by atoms with Crippen molar-refractivity contribution in [1.82, 2.24) is 0 Å². The van der Waals surface area contributed by atoms with E-state index in [0.29, 0.717) is 0 Å². The Kier molecular flexibility index (Phi) is 4.88. The zero-order valence-electron chi connectivity index (χ0n) is 6.67. The molecule has 2 nitrogen and oxygen atoms in total. The van der Waals surface area contributed by atoms with Crippen LogP contribution in [0.25, 0.3) is 0 Å². The predicted molar refractivity (Wildman–Crippen MR) is 40.8 cm³/mol. The van der Waals surface area contributed by atoms with E-state index in [0.717, 1.165) is 11.4 Å². The summed E-state index contributed by atoms with van der Waals surface area (Å²) in [4.78, 5) is 1.07. The van der Waals surface area contributed by atoms with Gasteiger partial charge in [-0.3, -0.25) is 0 Å². The zero-order chi connectivity index (χ0) is 7.56. The van der Waals surface area contributed by atoms with Gasteiger partial charge in [-0.15, -0.1) is 0 Å². The van der Waals surface area contributed by atoms with Gasteiger partial charge in [0.2, 0.25) is 5.51 Å². The first-order chi connectivity index (χ1) is 4.79. The van der Waals surface area contributed by atoms with Gasteiger partial charge in [-0.2, -0.15) is 4.57 Å². The highest BCUT2D eigenvalue weighted by Gasteiger charge is 2.11. The number of hydrogen-bond donors (Lipinski definition) is 1. The van der Waals surface area contributed by atoms with Crippen molar-refractivity contribution in [3.8, 4) is 0 Å². The van der Waals surface area contributed by atoms with Gasteiger partial charge in [0.15, 0.2) is 5.69 Å². The molecular formula is C7H12BrNOS. The second-order valence-electron chi connectivity index (χ2n) is 2.18. The number of aliphatic hydroxyl groups is 1. The highest BCUT2D eigenvalue weighted by atomic mass is 79.9. The van der Waals surface area contributed by atoms with E-state index >= 15 is 0 Å². The molecule has 0 aliphatic carbocycles. The van der Waals surface area contributed by atoms with E-state index in [1.54, 1.807) is 11.3 Å². The highest BCUT2D eigenvalue weighted by molar-refractivity contribution is 7.09. The van der Waals surface area contributed by atoms with Crippen LogP contribution in [0.5, 0.6) is 0 Å². The summed E-state index contributed by atoms with van der Waals surface area (Å²) in [6, 6.07) is 0. The lowest BCUT2D eigenvalue weighted by molar-refractivity contribution is -0.695. The summed E-state index contributed by atoms with van der Waals surface area (Å²) in [7, 11) is 0. The van der Waals surface area contributed by atoms with Crippen molar-refractivity contribution in [2.45, 2.75) is 27.0 Å². The van der Waals surface area contributed by atoms with Crippen LogP contribution in [0.1, 0.15) is 17.5 Å². The van der Waals surface area contributed by atoms with Crippen molar-refractivity contribution in [1.29, 1.82) is 0 Å². The van der Waals surface area contributed by atoms with Gasteiger partial charge in [0, 0.05) is 6.92 Å². The number of aromatic nitrogens is 1. The molecule has 0 aromatic carbocycles. The monoisotopic (exact) mass is 237 g/mol. The van der Waals surface area contributed by atoms with Gasteiger partial charge in [0.05, 0.1) is 6.61 Å². The first-order valence-corrected chi connectivity index (χ1v) is 4.24. The van der Waals surface area contributed by atoms with Gasteiger partial charge < -0.3 is 22.1 Å². The van der Waals surface area contributed by atoms with E-state index in [1.807, 2.05) is 12.4 Å². The summed E-state index contributed by atoms with van der Waals surface area (Å²) < 4.78 is 2.14. The summed E-state index contributed by atoms with van der Waals surface area (Å²) in [5, 5.41) is 8.82. The number of thiazole rings is 1. The summed E-state index contributed by atoms with van der Waals surface area (Å²) in [5.41, 5.74) is 3.23. The van der Waals surface area contributed by atoms with Crippen LogP contribution in [0, 0.1) is 6.92 Å². The lowest BCUT2D eigenvalue weighted by Gasteiger charge is -1.88. The molecule has 0 amide bonds. The predicted octanol–water partition coefficient (Wildman–Crippen LogP) is -2.14. The second kappa shape index (κ2) is 4.85. The topological polar surface area (TPSA) is 24.1 Å². The molecule has 0 bridgehead atoms. The van der Waals surface area contributed by atoms with Crippen LogP contribution in [0.3, 0.4) is 0 Å². The minimum absolute atomic E-state index is 0. The van der Waals surface area contributed by atoms with Crippen molar-refractivity contribution < 1.29 is 26.7 Å². The second-order valence-corrected chi connectivity index (χ2v) is 3.12. The first kappa shape index (κ1) is 11.1. The normalized spacial score (nSPS) is 9.36. The van der Waals surface area contributed by atoms with Crippen molar-refractivity contribution in [3.05, 3.63) is 16.1 Å². The SMILES string of the molecule is CC[n+]1csc(CO)c1C.[Br-]. The Morgan fingerprint density at radius 3 is 2.55 bits per heavy atom. The molecule has 1 aromatic rings. The third-order valence-electron chi connectivity index (χ3n) is 1.64. The third-order valence-corrected chi connectivity index (χ3v) is 2.71. The number of halogens is 1. The molecule has 0 saturated heterocycles. The largest absolute Gasteiger partial charge is 1.00 e. The van der Waals surface area contributed by atoms with Crippen LogP contribution in [-0.2, 0) is 13.2 Å². The molecule has 1 rings (SSSR count). The smallest absolute Gasteiger partial charge is 0.225 e. The average Bonchev–Trinajstić information content (AvgIpc) is 2.30. The van der Waals surface area contributed by atoms with Crippen LogP contribution in [-0.4, -0.2) is 5.11 Å². The lowest BCUT2D eigenvalue weighted by Crippen LogP contribution is -3.00. The Balaban J connectivity index is 0.000001000. The molecule has 0 aliphatic heterocycles. The van der Waals surface area contributed by atoms with Gasteiger partial charge in [0.25, 0.3) is 0 Å². The summed E-state index contributed by atoms with van der Waals surface area (Å²) in [6.07, 6.45) is 0. The van der Waals surface area contributed by atoms with Crippen molar-refractivity contribution in [2.24, 2.45) is 0 Å². The zero-order valence-corrected chi connectivity index (χ0v) is 9.07. The van der Waals surface area contributed by atoms with E-state index < -0.39 is 0 Å². The molecule has 0 aliphatic rings. The Morgan fingerprint density at radius 2 is 2.27 bits per heavy atom. The van der Waals surface area contributed by atoms with Gasteiger partial charge in [0.1, 0.15) is 11.4 Å². The molecule has 11 heavy (non-hydrogen) atoms. The van der Waals surface area contributed by atoms with E-state index in [-0.39, 0.29) is 23.6 Å². The Hall–Kier alpha value is 0.0700. The molecule has 64 valence electrons. The van der Waals surface area contributed by atoms with Crippen LogP contribution >= 0.6 is 11.3 Å². The van der Waals surface area contributed by atoms with Gasteiger partial charge in [-0.1, -0.05) is 11.3 Å². The molecule has 1 N–H and O–H groups in total. The van der Waals surface area contributed by atoms with Crippen LogP contribution in [0.4, 0.5) is 0 Å². The van der Waals surface area contributed by atoms with Gasteiger partial charge >= 0.3 is 0 Å².